The molecule has 0 aromatic heterocycles. The van der Waals surface area contributed by atoms with Crippen molar-refractivity contribution in [1.82, 2.24) is 9.80 Å². The summed E-state index contributed by atoms with van der Waals surface area (Å²) >= 11 is 0. The molecule has 2 atom stereocenters. The second-order valence-corrected chi connectivity index (χ2v) is 8.62. The molecule has 1 aliphatic carbocycles. The smallest absolute Gasteiger partial charge is 0.228 e. The fourth-order valence-electron chi connectivity index (χ4n) is 4.30. The fourth-order valence-corrected chi connectivity index (χ4v) is 4.30. The maximum Gasteiger partial charge on any atom is 0.228 e. The molecular formula is C22H30N4O3. The summed E-state index contributed by atoms with van der Waals surface area (Å²) in [7, 11) is 0. The second-order valence-electron chi connectivity index (χ2n) is 8.62. The van der Waals surface area contributed by atoms with E-state index in [4.69, 9.17) is 0 Å². The Kier molecular flexibility index (Phi) is 5.74. The average Bonchev–Trinajstić information content (AvgIpc) is 3.56. The number of benzene rings is 1. The SMILES string of the molecule is CC1CCN(c2ccc(NC(=O)C3CC3C(=O)N3CCN(C=O)CC3)cc2)CC1. The minimum atomic E-state index is -0.241. The molecule has 0 spiro atoms. The zero-order chi connectivity index (χ0) is 20.4. The summed E-state index contributed by atoms with van der Waals surface area (Å²) < 4.78 is 0. The molecule has 2 saturated heterocycles. The molecule has 2 heterocycles. The van der Waals surface area contributed by atoms with Crippen LogP contribution in [-0.2, 0) is 14.4 Å². The monoisotopic (exact) mass is 398 g/mol. The minimum Gasteiger partial charge on any atom is -0.372 e. The van der Waals surface area contributed by atoms with E-state index in [2.05, 4.69) is 29.3 Å². The van der Waals surface area contributed by atoms with Gasteiger partial charge in [-0.2, -0.15) is 0 Å². The van der Waals surface area contributed by atoms with Crippen molar-refractivity contribution < 1.29 is 14.4 Å². The largest absolute Gasteiger partial charge is 0.372 e. The van der Waals surface area contributed by atoms with E-state index in [0.717, 1.165) is 31.1 Å². The van der Waals surface area contributed by atoms with Crippen LogP contribution in [0.2, 0.25) is 0 Å². The molecular weight excluding hydrogens is 368 g/mol. The Morgan fingerprint density at radius 1 is 0.966 bits per heavy atom. The van der Waals surface area contributed by atoms with Gasteiger partial charge in [-0.1, -0.05) is 6.92 Å². The third-order valence-electron chi connectivity index (χ3n) is 6.50. The highest BCUT2D eigenvalue weighted by Crippen LogP contribution is 2.41. The van der Waals surface area contributed by atoms with Crippen LogP contribution in [0, 0.1) is 17.8 Å². The first-order valence-corrected chi connectivity index (χ1v) is 10.7. The molecule has 29 heavy (non-hydrogen) atoms. The highest BCUT2D eigenvalue weighted by molar-refractivity contribution is 5.99. The number of carbonyl (C=O) groups is 3. The zero-order valence-electron chi connectivity index (χ0n) is 17.0. The standard InChI is InChI=1S/C22H30N4O3/c1-16-6-8-25(9-7-16)18-4-2-17(3-5-18)23-21(28)19-14-20(19)22(29)26-12-10-24(15-27)11-13-26/h2-5,15-16,19-20H,6-14H2,1H3,(H,23,28). The van der Waals surface area contributed by atoms with Gasteiger partial charge in [0.15, 0.2) is 0 Å². The summed E-state index contributed by atoms with van der Waals surface area (Å²) in [6.45, 7) is 6.72. The predicted molar refractivity (Wildman–Crippen MR) is 111 cm³/mol. The third kappa shape index (κ3) is 4.54. The van der Waals surface area contributed by atoms with Gasteiger partial charge in [0.05, 0.1) is 11.8 Å². The van der Waals surface area contributed by atoms with Crippen LogP contribution in [-0.4, -0.2) is 67.3 Å². The first-order valence-electron chi connectivity index (χ1n) is 10.7. The van der Waals surface area contributed by atoms with Crippen LogP contribution in [0.4, 0.5) is 11.4 Å². The molecule has 0 bridgehead atoms. The lowest BCUT2D eigenvalue weighted by atomic mass is 9.99. The third-order valence-corrected chi connectivity index (χ3v) is 6.50. The molecule has 7 heteroatoms. The van der Waals surface area contributed by atoms with Crippen LogP contribution in [0.1, 0.15) is 26.2 Å². The maximum atomic E-state index is 12.6. The number of hydrogen-bond donors (Lipinski definition) is 1. The lowest BCUT2D eigenvalue weighted by molar-refractivity contribution is -0.137. The molecule has 1 saturated carbocycles. The summed E-state index contributed by atoms with van der Waals surface area (Å²) in [6.07, 6.45) is 3.88. The Labute approximate surface area is 172 Å². The molecule has 0 radical (unpaired) electrons. The molecule has 2 unspecified atom stereocenters. The van der Waals surface area contributed by atoms with Crippen LogP contribution in [0.3, 0.4) is 0 Å². The molecule has 4 rings (SSSR count). The lowest BCUT2D eigenvalue weighted by Crippen LogP contribution is -2.48. The van der Waals surface area contributed by atoms with Crippen LogP contribution in [0.25, 0.3) is 0 Å². The number of nitrogens with zero attached hydrogens (tertiary/aromatic N) is 3. The number of nitrogens with one attached hydrogen (secondary N) is 1. The number of amides is 3. The Bertz CT molecular complexity index is 750. The van der Waals surface area contributed by atoms with Gasteiger partial charge in [0.2, 0.25) is 18.2 Å². The number of piperidine rings is 1. The van der Waals surface area contributed by atoms with Gasteiger partial charge in [-0.3, -0.25) is 14.4 Å². The van der Waals surface area contributed by atoms with E-state index in [0.29, 0.717) is 32.6 Å². The van der Waals surface area contributed by atoms with Crippen LogP contribution in [0.15, 0.2) is 24.3 Å². The molecule has 1 N–H and O–H groups in total. The molecule has 1 aromatic carbocycles. The zero-order valence-corrected chi connectivity index (χ0v) is 17.0. The summed E-state index contributed by atoms with van der Waals surface area (Å²) in [5.41, 5.74) is 1.98. The van der Waals surface area contributed by atoms with E-state index in [1.54, 1.807) is 9.80 Å². The topological polar surface area (TPSA) is 73.0 Å². The van der Waals surface area contributed by atoms with Gasteiger partial charge >= 0.3 is 0 Å². The van der Waals surface area contributed by atoms with Gasteiger partial charge in [0, 0.05) is 50.6 Å². The van der Waals surface area contributed by atoms with Crippen molar-refractivity contribution in [2.75, 3.05) is 49.5 Å². The second kappa shape index (κ2) is 8.43. The predicted octanol–water partition coefficient (Wildman–Crippen LogP) is 1.80. The molecule has 3 fully saturated rings. The van der Waals surface area contributed by atoms with Gasteiger partial charge in [-0.05, 0) is 49.4 Å². The fraction of sp³-hybridized carbons (Fsp3) is 0.591. The Hall–Kier alpha value is -2.57. The number of piperazine rings is 1. The first-order chi connectivity index (χ1) is 14.0. The van der Waals surface area contributed by atoms with Crippen molar-refractivity contribution in [3.63, 3.8) is 0 Å². The molecule has 3 aliphatic rings. The number of anilines is 2. The Balaban J connectivity index is 1.26. The van der Waals surface area contributed by atoms with Gasteiger partial charge in [0.25, 0.3) is 0 Å². The Morgan fingerprint density at radius 3 is 2.24 bits per heavy atom. The van der Waals surface area contributed by atoms with E-state index >= 15 is 0 Å². The summed E-state index contributed by atoms with van der Waals surface area (Å²) in [4.78, 5) is 41.8. The normalized spacial score (nSPS) is 24.9. The number of hydrogen-bond acceptors (Lipinski definition) is 4. The minimum absolute atomic E-state index is 0.0466. The Morgan fingerprint density at radius 2 is 1.62 bits per heavy atom. The number of carbonyl (C=O) groups excluding carboxylic acids is 3. The summed E-state index contributed by atoms with van der Waals surface area (Å²) in [5, 5.41) is 2.96. The van der Waals surface area contributed by atoms with E-state index in [9.17, 15) is 14.4 Å². The highest BCUT2D eigenvalue weighted by atomic mass is 16.2. The van der Waals surface area contributed by atoms with Crippen molar-refractivity contribution in [2.24, 2.45) is 17.8 Å². The van der Waals surface area contributed by atoms with Gasteiger partial charge in [0.1, 0.15) is 0 Å². The highest BCUT2D eigenvalue weighted by Gasteiger charge is 2.49. The maximum absolute atomic E-state index is 12.6. The molecule has 2 aliphatic heterocycles. The lowest BCUT2D eigenvalue weighted by Gasteiger charge is -2.32. The van der Waals surface area contributed by atoms with Gasteiger partial charge in [-0.25, -0.2) is 0 Å². The van der Waals surface area contributed by atoms with Crippen molar-refractivity contribution in [1.29, 1.82) is 0 Å². The van der Waals surface area contributed by atoms with Gasteiger partial charge in [-0.15, -0.1) is 0 Å². The average molecular weight is 399 g/mol. The van der Waals surface area contributed by atoms with E-state index < -0.39 is 0 Å². The van der Waals surface area contributed by atoms with E-state index in [1.165, 1.54) is 18.5 Å². The molecule has 156 valence electrons. The first kappa shape index (κ1) is 19.7. The summed E-state index contributed by atoms with van der Waals surface area (Å²) in [6, 6.07) is 8.02. The molecule has 1 aromatic rings. The van der Waals surface area contributed by atoms with Crippen molar-refractivity contribution in [3.05, 3.63) is 24.3 Å². The van der Waals surface area contributed by atoms with Crippen LogP contribution < -0.4 is 10.2 Å². The molecule has 7 nitrogen and oxygen atoms in total. The van der Waals surface area contributed by atoms with Gasteiger partial charge < -0.3 is 20.0 Å². The number of rotatable bonds is 5. The summed E-state index contributed by atoms with van der Waals surface area (Å²) in [5.74, 6) is 0.315. The van der Waals surface area contributed by atoms with Crippen LogP contribution in [0.5, 0.6) is 0 Å². The van der Waals surface area contributed by atoms with E-state index in [1.807, 2.05) is 12.1 Å². The van der Waals surface area contributed by atoms with Crippen molar-refractivity contribution >= 4 is 29.6 Å². The quantitative estimate of drug-likeness (QED) is 0.768. The van der Waals surface area contributed by atoms with Crippen molar-refractivity contribution in [2.45, 2.75) is 26.2 Å². The molecule has 3 amide bonds. The van der Waals surface area contributed by atoms with Crippen molar-refractivity contribution in [3.8, 4) is 0 Å². The van der Waals surface area contributed by atoms with Crippen LogP contribution >= 0.6 is 0 Å². The van der Waals surface area contributed by atoms with E-state index in [-0.39, 0.29) is 23.7 Å².